The zero-order valence-electron chi connectivity index (χ0n) is 24.9. The zero-order valence-corrected chi connectivity index (χ0v) is 24.9. The number of oxazole rings is 1. The summed E-state index contributed by atoms with van der Waals surface area (Å²) >= 11 is 0. The van der Waals surface area contributed by atoms with Gasteiger partial charge in [-0.25, -0.2) is 9.97 Å². The van der Waals surface area contributed by atoms with E-state index >= 15 is 0 Å². The topological polar surface area (TPSA) is 106 Å². The molecule has 3 atom stereocenters. The number of nitrogens with zero attached hydrogens (tertiary/aromatic N) is 4. The lowest BCUT2D eigenvalue weighted by atomic mass is 9.76. The van der Waals surface area contributed by atoms with Crippen LogP contribution in [-0.2, 0) is 0 Å². The Labute approximate surface area is 252 Å². The summed E-state index contributed by atoms with van der Waals surface area (Å²) in [6.45, 7) is 4.33. The van der Waals surface area contributed by atoms with Crippen molar-refractivity contribution in [3.63, 3.8) is 0 Å². The molecule has 4 aromatic rings. The first-order valence-corrected chi connectivity index (χ1v) is 15.8. The van der Waals surface area contributed by atoms with Crippen molar-refractivity contribution in [2.24, 2.45) is 5.92 Å². The van der Waals surface area contributed by atoms with Crippen LogP contribution in [0.3, 0.4) is 0 Å². The highest BCUT2D eigenvalue weighted by atomic mass is 16.5. The molecule has 0 radical (unpaired) electrons. The Balaban J connectivity index is 1.13. The van der Waals surface area contributed by atoms with Crippen LogP contribution in [0.4, 0.5) is 0 Å². The van der Waals surface area contributed by atoms with E-state index < -0.39 is 5.60 Å². The van der Waals surface area contributed by atoms with Gasteiger partial charge in [0.15, 0.2) is 17.2 Å². The molecule has 9 heteroatoms. The predicted molar refractivity (Wildman–Crippen MR) is 164 cm³/mol. The summed E-state index contributed by atoms with van der Waals surface area (Å²) in [6, 6.07) is 15.6. The van der Waals surface area contributed by atoms with Gasteiger partial charge in [0, 0.05) is 50.7 Å². The van der Waals surface area contributed by atoms with Crippen LogP contribution in [-0.4, -0.2) is 68.3 Å². The number of aliphatic hydroxyl groups is 1. The molecule has 226 valence electrons. The van der Waals surface area contributed by atoms with Gasteiger partial charge in [0.25, 0.3) is 5.91 Å². The summed E-state index contributed by atoms with van der Waals surface area (Å²) in [5, 5.41) is 15.4. The van der Waals surface area contributed by atoms with Crippen molar-refractivity contribution in [3.8, 4) is 17.0 Å². The summed E-state index contributed by atoms with van der Waals surface area (Å²) in [6.07, 6.45) is 9.52. The van der Waals surface area contributed by atoms with Crippen LogP contribution in [0.5, 0.6) is 5.75 Å². The van der Waals surface area contributed by atoms with Gasteiger partial charge in [0.1, 0.15) is 11.3 Å². The maximum absolute atomic E-state index is 14.3. The van der Waals surface area contributed by atoms with E-state index in [2.05, 4.69) is 14.9 Å². The number of rotatable bonds is 9. The first-order valence-electron chi connectivity index (χ1n) is 15.8. The monoisotopic (exact) mass is 583 g/mol. The molecule has 43 heavy (non-hydrogen) atoms. The van der Waals surface area contributed by atoms with E-state index in [1.807, 2.05) is 66.7 Å². The quantitative estimate of drug-likeness (QED) is 0.267. The van der Waals surface area contributed by atoms with Crippen molar-refractivity contribution in [2.45, 2.75) is 76.0 Å². The van der Waals surface area contributed by atoms with Crippen molar-refractivity contribution < 1.29 is 19.1 Å². The van der Waals surface area contributed by atoms with Crippen LogP contribution >= 0.6 is 0 Å². The molecule has 2 aromatic heterocycles. The second-order valence-corrected chi connectivity index (χ2v) is 12.6. The lowest BCUT2D eigenvalue weighted by molar-refractivity contribution is -0.0518. The van der Waals surface area contributed by atoms with Gasteiger partial charge in [-0.3, -0.25) is 4.79 Å². The minimum Gasteiger partial charge on any atom is -0.493 e. The molecule has 0 spiro atoms. The third-order valence-corrected chi connectivity index (χ3v) is 9.47. The van der Waals surface area contributed by atoms with Gasteiger partial charge in [0.2, 0.25) is 0 Å². The van der Waals surface area contributed by atoms with Gasteiger partial charge < -0.3 is 29.0 Å². The number of hydrogen-bond donors (Lipinski definition) is 2. The molecule has 2 N–H and O–H groups in total. The molecule has 0 unspecified atom stereocenters. The minimum atomic E-state index is -0.771. The SMILES string of the molecule is Cc1nc2cc(OCC[C@@H]3CNCCN3C(=O)c3ncn([C@@H]4CCCC[C@@]4(O)CC4CC4)c3-c3ccccc3)ccc2o1. The van der Waals surface area contributed by atoms with Gasteiger partial charge in [-0.15, -0.1) is 0 Å². The molecular formula is C34H41N5O4. The fourth-order valence-electron chi connectivity index (χ4n) is 7.15. The fourth-order valence-corrected chi connectivity index (χ4v) is 7.15. The molecule has 7 rings (SSSR count). The second kappa shape index (κ2) is 11.8. The van der Waals surface area contributed by atoms with Crippen LogP contribution in [0, 0.1) is 12.8 Å². The molecule has 2 saturated carbocycles. The van der Waals surface area contributed by atoms with Crippen LogP contribution in [0.15, 0.2) is 59.3 Å². The number of nitrogens with one attached hydrogen (secondary N) is 1. The Morgan fingerprint density at radius 1 is 1.16 bits per heavy atom. The number of aromatic nitrogens is 3. The van der Waals surface area contributed by atoms with Gasteiger partial charge in [-0.2, -0.15) is 0 Å². The Bertz CT molecular complexity index is 1580. The molecule has 1 amide bonds. The number of fused-ring (bicyclic) bond motifs is 1. The van der Waals surface area contributed by atoms with Crippen LogP contribution < -0.4 is 10.1 Å². The lowest BCUT2D eigenvalue weighted by Crippen LogP contribution is -2.54. The third-order valence-electron chi connectivity index (χ3n) is 9.47. The lowest BCUT2D eigenvalue weighted by Gasteiger charge is -2.42. The van der Waals surface area contributed by atoms with Crippen molar-refractivity contribution in [1.29, 1.82) is 0 Å². The highest BCUT2D eigenvalue weighted by molar-refractivity contribution is 5.98. The van der Waals surface area contributed by atoms with Gasteiger partial charge in [-0.05, 0) is 37.3 Å². The van der Waals surface area contributed by atoms with Gasteiger partial charge in [0.05, 0.1) is 30.3 Å². The van der Waals surface area contributed by atoms with Crippen molar-refractivity contribution in [3.05, 3.63) is 66.4 Å². The van der Waals surface area contributed by atoms with E-state index in [-0.39, 0.29) is 18.0 Å². The molecule has 0 bridgehead atoms. The fraction of sp³-hybridized carbons (Fsp3) is 0.500. The number of aryl methyl sites for hydroxylation is 1. The molecule has 9 nitrogen and oxygen atoms in total. The number of carbonyl (C=O) groups is 1. The smallest absolute Gasteiger partial charge is 0.275 e. The van der Waals surface area contributed by atoms with E-state index in [1.165, 1.54) is 12.8 Å². The normalized spacial score (nSPS) is 24.4. The number of carbonyl (C=O) groups excluding carboxylic acids is 1. The third kappa shape index (κ3) is 5.80. The van der Waals surface area contributed by atoms with E-state index in [1.54, 1.807) is 0 Å². The average Bonchev–Trinajstić information content (AvgIpc) is 3.58. The van der Waals surface area contributed by atoms with E-state index in [9.17, 15) is 9.90 Å². The Hall–Kier alpha value is -3.69. The number of imidazole rings is 1. The Kier molecular flexibility index (Phi) is 7.69. The molecule has 1 aliphatic heterocycles. The highest BCUT2D eigenvalue weighted by Crippen LogP contribution is 2.48. The molecule has 2 aromatic carbocycles. The van der Waals surface area contributed by atoms with Gasteiger partial charge in [-0.1, -0.05) is 56.0 Å². The maximum Gasteiger partial charge on any atom is 0.275 e. The van der Waals surface area contributed by atoms with Gasteiger partial charge >= 0.3 is 0 Å². The first kappa shape index (κ1) is 28.1. The summed E-state index contributed by atoms with van der Waals surface area (Å²) in [5.41, 5.74) is 2.98. The van der Waals surface area contributed by atoms with Crippen molar-refractivity contribution >= 4 is 17.0 Å². The number of ether oxygens (including phenoxy) is 1. The standard InChI is InChI=1S/C34H41N5O4/c1-23-37-28-19-27(12-13-29(28)43-23)42-18-14-26-21-35-16-17-38(26)33(40)31-32(25-7-3-2-4-8-25)39(22-36-31)30-9-5-6-15-34(30,41)20-24-10-11-24/h2-4,7-8,12-13,19,22,24,26,30,35,41H,5-6,9-11,14-18,20-21H2,1H3/t26-,30-,34-/m1/s1. The van der Waals surface area contributed by atoms with Crippen LogP contribution in [0.25, 0.3) is 22.4 Å². The second-order valence-electron chi connectivity index (χ2n) is 12.6. The molecule has 3 fully saturated rings. The summed E-state index contributed by atoms with van der Waals surface area (Å²) in [7, 11) is 0. The number of hydrogen-bond acceptors (Lipinski definition) is 7. The van der Waals surface area contributed by atoms with E-state index in [0.29, 0.717) is 43.6 Å². The molecule has 3 aliphatic rings. The molecular weight excluding hydrogens is 542 g/mol. The van der Waals surface area contributed by atoms with E-state index in [0.717, 1.165) is 66.8 Å². The molecule has 1 saturated heterocycles. The first-order chi connectivity index (χ1) is 21.0. The Morgan fingerprint density at radius 2 is 2.02 bits per heavy atom. The predicted octanol–water partition coefficient (Wildman–Crippen LogP) is 5.53. The number of benzene rings is 2. The highest BCUT2D eigenvalue weighted by Gasteiger charge is 2.45. The molecule has 2 aliphatic carbocycles. The van der Waals surface area contributed by atoms with Crippen LogP contribution in [0.1, 0.15) is 73.8 Å². The van der Waals surface area contributed by atoms with Crippen molar-refractivity contribution in [1.82, 2.24) is 24.8 Å². The summed E-state index contributed by atoms with van der Waals surface area (Å²) in [4.78, 5) is 25.5. The van der Waals surface area contributed by atoms with Crippen LogP contribution in [0.2, 0.25) is 0 Å². The minimum absolute atomic E-state index is 0.0328. The van der Waals surface area contributed by atoms with Crippen molar-refractivity contribution in [2.75, 3.05) is 26.2 Å². The Morgan fingerprint density at radius 3 is 2.86 bits per heavy atom. The average molecular weight is 584 g/mol. The summed E-state index contributed by atoms with van der Waals surface area (Å²) < 4.78 is 13.8. The molecule has 3 heterocycles. The maximum atomic E-state index is 14.3. The number of amides is 1. The summed E-state index contributed by atoms with van der Waals surface area (Å²) in [5.74, 6) is 1.91. The number of piperazine rings is 1. The largest absolute Gasteiger partial charge is 0.493 e. The zero-order chi connectivity index (χ0) is 29.4. The van der Waals surface area contributed by atoms with E-state index in [4.69, 9.17) is 14.1 Å².